The predicted molar refractivity (Wildman–Crippen MR) is 115 cm³/mol. The second-order valence-corrected chi connectivity index (χ2v) is 9.14. The fraction of sp³-hybridized carbons (Fsp3) is 0.636. The molecule has 1 fully saturated rings. The van der Waals surface area contributed by atoms with E-state index in [9.17, 15) is 36.2 Å². The van der Waals surface area contributed by atoms with E-state index in [1.165, 1.54) is 0 Å². The van der Waals surface area contributed by atoms with Crippen LogP contribution in [0.4, 0.5) is 32.0 Å². The standard InChI is InChI=1S/C22H25F6N5O4/c23-21(24,25)13-10-14(29)16-17-31-32-19(37-17)20(35,22(26,27)28)7-3-1-4-8-33(18(34)15(13)30-16)11-12-6-2-5-9-36-12/h10,12,35H,1-9,11,29H2. The lowest BCUT2D eigenvalue weighted by atomic mass is 9.95. The summed E-state index contributed by atoms with van der Waals surface area (Å²) >= 11 is 0. The highest BCUT2D eigenvalue weighted by Crippen LogP contribution is 2.43. The number of rotatable bonds is 2. The highest BCUT2D eigenvalue weighted by molar-refractivity contribution is 5.95. The molecule has 37 heavy (non-hydrogen) atoms. The van der Waals surface area contributed by atoms with E-state index in [4.69, 9.17) is 14.9 Å². The van der Waals surface area contributed by atoms with Gasteiger partial charge in [0.1, 0.15) is 5.69 Å². The van der Waals surface area contributed by atoms with E-state index in [0.717, 1.165) is 17.7 Å². The smallest absolute Gasteiger partial charge is 0.416 e. The second kappa shape index (κ2) is 10.1. The zero-order chi connectivity index (χ0) is 27.0. The van der Waals surface area contributed by atoms with Gasteiger partial charge >= 0.3 is 12.4 Å². The fourth-order valence-corrected chi connectivity index (χ4v) is 4.42. The number of carbonyl (C=O) groups excluding carboxylic acids is 1. The first-order chi connectivity index (χ1) is 17.3. The third-order valence-corrected chi connectivity index (χ3v) is 6.46. The molecule has 4 bridgehead atoms. The van der Waals surface area contributed by atoms with Crippen molar-refractivity contribution in [3.63, 3.8) is 0 Å². The molecule has 204 valence electrons. The molecule has 1 saturated heterocycles. The summed E-state index contributed by atoms with van der Waals surface area (Å²) in [6.07, 6.45) is -9.04. The Morgan fingerprint density at radius 2 is 1.84 bits per heavy atom. The summed E-state index contributed by atoms with van der Waals surface area (Å²) in [7, 11) is 0. The number of pyridine rings is 1. The van der Waals surface area contributed by atoms with Crippen molar-refractivity contribution in [2.45, 2.75) is 69.0 Å². The van der Waals surface area contributed by atoms with Crippen LogP contribution in [-0.2, 0) is 16.5 Å². The van der Waals surface area contributed by atoms with Crippen molar-refractivity contribution in [3.05, 3.63) is 23.2 Å². The van der Waals surface area contributed by atoms with E-state index in [1.807, 2.05) is 0 Å². The fourth-order valence-electron chi connectivity index (χ4n) is 4.42. The van der Waals surface area contributed by atoms with Gasteiger partial charge in [0.25, 0.3) is 17.7 Å². The first kappa shape index (κ1) is 27.1. The topological polar surface area (TPSA) is 128 Å². The zero-order valence-electron chi connectivity index (χ0n) is 19.5. The van der Waals surface area contributed by atoms with Crippen molar-refractivity contribution in [1.29, 1.82) is 0 Å². The van der Waals surface area contributed by atoms with Crippen LogP contribution in [0.1, 0.15) is 66.9 Å². The zero-order valence-corrected chi connectivity index (χ0v) is 19.5. The minimum absolute atomic E-state index is 0.0191. The lowest BCUT2D eigenvalue weighted by molar-refractivity contribution is -0.277. The molecule has 4 heterocycles. The SMILES string of the molecule is Nc1cc(C(F)(F)F)c2nc1-c1nnc(o1)C(O)(C(F)(F)F)CCCCCN(CC1CCCCO1)C2=O. The molecule has 2 aliphatic heterocycles. The Labute approximate surface area is 207 Å². The van der Waals surface area contributed by atoms with Gasteiger partial charge in [0, 0.05) is 19.7 Å². The number of carbonyl (C=O) groups is 1. The van der Waals surface area contributed by atoms with E-state index in [1.54, 1.807) is 0 Å². The molecule has 0 aromatic carbocycles. The quantitative estimate of drug-likeness (QED) is 0.549. The number of hydrogen-bond donors (Lipinski definition) is 2. The molecule has 2 atom stereocenters. The molecule has 1 amide bonds. The first-order valence-electron chi connectivity index (χ1n) is 11.7. The number of nitrogen functional groups attached to an aromatic ring is 1. The molecule has 9 nitrogen and oxygen atoms in total. The summed E-state index contributed by atoms with van der Waals surface area (Å²) < 4.78 is 93.8. The minimum atomic E-state index is -5.18. The predicted octanol–water partition coefficient (Wildman–Crippen LogP) is 4.07. The van der Waals surface area contributed by atoms with Gasteiger partial charge in [0.05, 0.1) is 17.4 Å². The van der Waals surface area contributed by atoms with Gasteiger partial charge in [-0.25, -0.2) is 4.98 Å². The maximum atomic E-state index is 13.9. The van der Waals surface area contributed by atoms with Crippen molar-refractivity contribution in [2.75, 3.05) is 25.4 Å². The first-order valence-corrected chi connectivity index (χ1v) is 11.7. The van der Waals surface area contributed by atoms with Crippen LogP contribution in [0, 0.1) is 0 Å². The molecule has 2 aliphatic rings. The number of fused-ring (bicyclic) bond motifs is 5. The van der Waals surface area contributed by atoms with Crippen LogP contribution in [0.25, 0.3) is 11.6 Å². The Balaban J connectivity index is 1.83. The summed E-state index contributed by atoms with van der Waals surface area (Å²) in [6.45, 7) is 0.370. The van der Waals surface area contributed by atoms with Crippen molar-refractivity contribution in [2.24, 2.45) is 0 Å². The maximum absolute atomic E-state index is 13.9. The van der Waals surface area contributed by atoms with E-state index in [2.05, 4.69) is 15.2 Å². The van der Waals surface area contributed by atoms with Crippen molar-refractivity contribution in [1.82, 2.24) is 20.1 Å². The van der Waals surface area contributed by atoms with Gasteiger partial charge < -0.3 is 24.9 Å². The lowest BCUT2D eigenvalue weighted by Crippen LogP contribution is -2.43. The van der Waals surface area contributed by atoms with Crippen LogP contribution in [-0.4, -0.2) is 63.1 Å². The molecule has 4 rings (SSSR count). The summed E-state index contributed by atoms with van der Waals surface area (Å²) in [5, 5.41) is 17.2. The van der Waals surface area contributed by atoms with Gasteiger partial charge in [0.2, 0.25) is 5.60 Å². The highest BCUT2D eigenvalue weighted by Gasteiger charge is 2.58. The van der Waals surface area contributed by atoms with Crippen LogP contribution >= 0.6 is 0 Å². The molecular formula is C22H25F6N5O4. The lowest BCUT2D eigenvalue weighted by Gasteiger charge is -2.31. The molecule has 0 saturated carbocycles. The normalized spacial score (nSPS) is 24.1. The Morgan fingerprint density at radius 1 is 1.08 bits per heavy atom. The van der Waals surface area contributed by atoms with E-state index < -0.39 is 70.8 Å². The van der Waals surface area contributed by atoms with Gasteiger partial charge in [-0.2, -0.15) is 26.3 Å². The van der Waals surface area contributed by atoms with E-state index in [0.29, 0.717) is 19.1 Å². The molecule has 0 radical (unpaired) electrons. The maximum Gasteiger partial charge on any atom is 0.426 e. The Bertz CT molecular complexity index is 1130. The molecule has 0 spiro atoms. The highest BCUT2D eigenvalue weighted by atomic mass is 19.4. The summed E-state index contributed by atoms with van der Waals surface area (Å²) in [4.78, 5) is 18.4. The molecular weight excluding hydrogens is 512 g/mol. The average Bonchev–Trinajstić information content (AvgIpc) is 3.32. The van der Waals surface area contributed by atoms with E-state index in [-0.39, 0.29) is 32.4 Å². The molecule has 2 aromatic heterocycles. The van der Waals surface area contributed by atoms with Crippen molar-refractivity contribution in [3.8, 4) is 11.6 Å². The number of alkyl halides is 6. The van der Waals surface area contributed by atoms with E-state index >= 15 is 0 Å². The van der Waals surface area contributed by atoms with Crippen molar-refractivity contribution >= 4 is 11.6 Å². The third-order valence-electron chi connectivity index (χ3n) is 6.46. The minimum Gasteiger partial charge on any atom is -0.416 e. The monoisotopic (exact) mass is 537 g/mol. The number of anilines is 1. The summed E-state index contributed by atoms with van der Waals surface area (Å²) in [5.74, 6) is -3.00. The number of nitrogens with zero attached hydrogens (tertiary/aromatic N) is 4. The second-order valence-electron chi connectivity index (χ2n) is 9.14. The number of ether oxygens (including phenoxy) is 1. The number of amides is 1. The Hall–Kier alpha value is -2.94. The average molecular weight is 537 g/mol. The molecule has 0 aliphatic carbocycles. The third kappa shape index (κ3) is 5.51. The van der Waals surface area contributed by atoms with Gasteiger partial charge in [-0.3, -0.25) is 4.79 Å². The Morgan fingerprint density at radius 3 is 2.49 bits per heavy atom. The van der Waals surface area contributed by atoms with Crippen LogP contribution in [0.15, 0.2) is 10.5 Å². The van der Waals surface area contributed by atoms with Gasteiger partial charge in [-0.05, 0) is 44.6 Å². The number of aromatic nitrogens is 3. The molecule has 3 N–H and O–H groups in total. The van der Waals surface area contributed by atoms with Crippen LogP contribution in [0.3, 0.4) is 0 Å². The number of aliphatic hydroxyl groups is 1. The summed E-state index contributed by atoms with van der Waals surface area (Å²) in [6, 6.07) is 0.455. The number of halogens is 6. The van der Waals surface area contributed by atoms with Gasteiger partial charge in [-0.15, -0.1) is 10.2 Å². The van der Waals surface area contributed by atoms with Gasteiger partial charge in [-0.1, -0.05) is 6.42 Å². The van der Waals surface area contributed by atoms with Crippen molar-refractivity contribution < 1.29 is 45.4 Å². The molecule has 2 unspecified atom stereocenters. The largest absolute Gasteiger partial charge is 0.426 e. The molecule has 2 aromatic rings. The molecule has 15 heteroatoms. The Kier molecular flexibility index (Phi) is 7.38. The number of nitrogens with two attached hydrogens (primary N) is 1. The van der Waals surface area contributed by atoms with Crippen LogP contribution < -0.4 is 5.73 Å². The van der Waals surface area contributed by atoms with Gasteiger partial charge in [0.15, 0.2) is 5.69 Å². The van der Waals surface area contributed by atoms with Crippen LogP contribution in [0.5, 0.6) is 0 Å². The number of hydrogen-bond acceptors (Lipinski definition) is 8. The van der Waals surface area contributed by atoms with Crippen LogP contribution in [0.2, 0.25) is 0 Å². The summed E-state index contributed by atoms with van der Waals surface area (Å²) in [5.41, 5.74) is -1.43.